The lowest BCUT2D eigenvalue weighted by molar-refractivity contribution is -0.123. The van der Waals surface area contributed by atoms with Gasteiger partial charge in [0.15, 0.2) is 0 Å². The first kappa shape index (κ1) is 19.7. The fourth-order valence-corrected chi connectivity index (χ4v) is 3.12. The van der Waals surface area contributed by atoms with Crippen LogP contribution in [0.15, 0.2) is 35.7 Å². The van der Waals surface area contributed by atoms with Gasteiger partial charge >= 0.3 is 0 Å². The Morgan fingerprint density at radius 2 is 1.88 bits per heavy atom. The average molecular weight is 400 g/mol. The molecule has 8 heteroatoms. The number of amides is 2. The van der Waals surface area contributed by atoms with Gasteiger partial charge in [-0.2, -0.15) is 0 Å². The summed E-state index contributed by atoms with van der Waals surface area (Å²) < 4.78 is 0. The summed E-state index contributed by atoms with van der Waals surface area (Å²) in [6.45, 7) is 3.21. The Kier molecular flexibility index (Phi) is 7.71. The molecule has 0 bridgehead atoms. The molecule has 0 aliphatic rings. The Bertz CT molecular complexity index is 723. The van der Waals surface area contributed by atoms with E-state index in [4.69, 9.17) is 23.2 Å². The van der Waals surface area contributed by atoms with Crippen LogP contribution in [0.3, 0.4) is 0 Å². The number of rotatable bonds is 8. The van der Waals surface area contributed by atoms with Crippen molar-refractivity contribution in [3.8, 4) is 0 Å². The van der Waals surface area contributed by atoms with E-state index in [-0.39, 0.29) is 24.9 Å². The molecule has 0 atom stereocenters. The van der Waals surface area contributed by atoms with E-state index < -0.39 is 0 Å². The Labute approximate surface area is 160 Å². The van der Waals surface area contributed by atoms with Crippen molar-refractivity contribution in [2.75, 3.05) is 25.0 Å². The van der Waals surface area contributed by atoms with Gasteiger partial charge in [-0.25, -0.2) is 0 Å². The molecule has 25 heavy (non-hydrogen) atoms. The SMILES string of the molecule is CCN(CC(=O)NCc1cccs1)CC(=O)Nc1cccc(Cl)c1Cl. The highest BCUT2D eigenvalue weighted by atomic mass is 35.5. The van der Waals surface area contributed by atoms with E-state index in [2.05, 4.69) is 10.6 Å². The first-order chi connectivity index (χ1) is 12.0. The number of carbonyl (C=O) groups is 2. The van der Waals surface area contributed by atoms with Gasteiger partial charge in [0.25, 0.3) is 0 Å². The van der Waals surface area contributed by atoms with E-state index in [1.165, 1.54) is 0 Å². The van der Waals surface area contributed by atoms with Gasteiger partial charge in [-0.3, -0.25) is 14.5 Å². The zero-order chi connectivity index (χ0) is 18.2. The van der Waals surface area contributed by atoms with Gasteiger partial charge in [-0.15, -0.1) is 11.3 Å². The van der Waals surface area contributed by atoms with Gasteiger partial charge in [0.1, 0.15) is 0 Å². The number of anilines is 1. The molecule has 0 fully saturated rings. The monoisotopic (exact) mass is 399 g/mol. The molecule has 2 rings (SSSR count). The first-order valence-electron chi connectivity index (χ1n) is 7.75. The molecule has 0 aliphatic heterocycles. The summed E-state index contributed by atoms with van der Waals surface area (Å²) in [6, 6.07) is 8.94. The topological polar surface area (TPSA) is 61.4 Å². The predicted octanol–water partition coefficient (Wildman–Crippen LogP) is 3.63. The summed E-state index contributed by atoms with van der Waals surface area (Å²) in [7, 11) is 0. The third kappa shape index (κ3) is 6.32. The molecule has 0 saturated heterocycles. The molecular formula is C17H19Cl2N3O2S. The summed E-state index contributed by atoms with van der Waals surface area (Å²) in [5.74, 6) is -0.374. The third-order valence-electron chi connectivity index (χ3n) is 3.45. The van der Waals surface area contributed by atoms with Crippen LogP contribution in [0.4, 0.5) is 5.69 Å². The Morgan fingerprint density at radius 1 is 1.12 bits per heavy atom. The first-order valence-corrected chi connectivity index (χ1v) is 9.38. The van der Waals surface area contributed by atoms with Gasteiger partial charge in [0, 0.05) is 4.88 Å². The molecule has 0 saturated carbocycles. The fourth-order valence-electron chi connectivity index (χ4n) is 2.13. The number of carbonyl (C=O) groups excluding carboxylic acids is 2. The molecule has 2 aromatic rings. The summed E-state index contributed by atoms with van der Waals surface area (Å²) >= 11 is 13.6. The number of benzene rings is 1. The Morgan fingerprint density at radius 3 is 2.56 bits per heavy atom. The van der Waals surface area contributed by atoms with Crippen molar-refractivity contribution >= 4 is 52.0 Å². The number of likely N-dealkylation sites (N-methyl/N-ethyl adjacent to an activating group) is 1. The molecule has 0 unspecified atom stereocenters. The molecule has 0 aliphatic carbocycles. The minimum atomic E-state index is -0.253. The highest BCUT2D eigenvalue weighted by Crippen LogP contribution is 2.29. The molecule has 1 heterocycles. The lowest BCUT2D eigenvalue weighted by Gasteiger charge is -2.19. The highest BCUT2D eigenvalue weighted by molar-refractivity contribution is 7.09. The highest BCUT2D eigenvalue weighted by Gasteiger charge is 2.14. The number of halogens is 2. The standard InChI is InChI=1S/C17H19Cl2N3O2S/c1-2-22(10-15(23)20-9-12-5-4-8-25-12)11-16(24)21-14-7-3-6-13(18)17(14)19/h3-8H,2,9-11H2,1H3,(H,20,23)(H,21,24). The zero-order valence-corrected chi connectivity index (χ0v) is 16.0. The fraction of sp³-hybridized carbons (Fsp3) is 0.294. The summed E-state index contributed by atoms with van der Waals surface area (Å²) in [6.07, 6.45) is 0. The van der Waals surface area contributed by atoms with Gasteiger partial charge in [0.2, 0.25) is 11.8 Å². The van der Waals surface area contributed by atoms with Crippen molar-refractivity contribution in [2.24, 2.45) is 0 Å². The lowest BCUT2D eigenvalue weighted by Crippen LogP contribution is -2.40. The van der Waals surface area contributed by atoms with E-state index in [0.717, 1.165) is 4.88 Å². The molecular weight excluding hydrogens is 381 g/mol. The van der Waals surface area contributed by atoms with Crippen molar-refractivity contribution in [1.29, 1.82) is 0 Å². The van der Waals surface area contributed by atoms with Crippen molar-refractivity contribution < 1.29 is 9.59 Å². The predicted molar refractivity (Wildman–Crippen MR) is 103 cm³/mol. The van der Waals surface area contributed by atoms with Crippen LogP contribution in [0, 0.1) is 0 Å². The van der Waals surface area contributed by atoms with Crippen LogP contribution < -0.4 is 10.6 Å². The molecule has 0 radical (unpaired) electrons. The average Bonchev–Trinajstić information content (AvgIpc) is 3.10. The molecule has 2 N–H and O–H groups in total. The maximum absolute atomic E-state index is 12.2. The largest absolute Gasteiger partial charge is 0.350 e. The van der Waals surface area contributed by atoms with Crippen molar-refractivity contribution in [2.45, 2.75) is 13.5 Å². The minimum Gasteiger partial charge on any atom is -0.350 e. The van der Waals surface area contributed by atoms with Crippen molar-refractivity contribution in [3.05, 3.63) is 50.6 Å². The van der Waals surface area contributed by atoms with E-state index in [9.17, 15) is 9.59 Å². The van der Waals surface area contributed by atoms with E-state index in [1.807, 2.05) is 24.4 Å². The normalized spacial score (nSPS) is 10.7. The van der Waals surface area contributed by atoms with Crippen molar-refractivity contribution in [1.82, 2.24) is 10.2 Å². The lowest BCUT2D eigenvalue weighted by atomic mass is 10.3. The Balaban J connectivity index is 1.82. The minimum absolute atomic E-state index is 0.0891. The van der Waals surface area contributed by atoms with Crippen LogP contribution in [0.2, 0.25) is 10.0 Å². The molecule has 2 amide bonds. The number of nitrogens with one attached hydrogen (secondary N) is 2. The maximum atomic E-state index is 12.2. The van der Waals surface area contributed by atoms with Crippen molar-refractivity contribution in [3.63, 3.8) is 0 Å². The molecule has 1 aromatic heterocycles. The number of nitrogens with zero attached hydrogens (tertiary/aromatic N) is 1. The second kappa shape index (κ2) is 9.77. The second-order valence-corrected chi connectivity index (χ2v) is 7.13. The molecule has 134 valence electrons. The van der Waals surface area contributed by atoms with Crippen LogP contribution in [0.5, 0.6) is 0 Å². The Hall–Kier alpha value is -1.60. The smallest absolute Gasteiger partial charge is 0.238 e. The van der Waals surface area contributed by atoms with Gasteiger partial charge < -0.3 is 10.6 Å². The van der Waals surface area contributed by atoms with E-state index >= 15 is 0 Å². The maximum Gasteiger partial charge on any atom is 0.238 e. The second-order valence-electron chi connectivity index (χ2n) is 5.31. The van der Waals surface area contributed by atoms with Gasteiger partial charge in [-0.1, -0.05) is 42.3 Å². The van der Waals surface area contributed by atoms with Gasteiger partial charge in [0.05, 0.1) is 35.4 Å². The summed E-state index contributed by atoms with van der Waals surface area (Å²) in [5.41, 5.74) is 0.456. The van der Waals surface area contributed by atoms with Gasteiger partial charge in [-0.05, 0) is 30.1 Å². The summed E-state index contributed by atoms with van der Waals surface area (Å²) in [5, 5.41) is 8.20. The van der Waals surface area contributed by atoms with E-state index in [0.29, 0.717) is 28.8 Å². The van der Waals surface area contributed by atoms with Crippen LogP contribution in [0.1, 0.15) is 11.8 Å². The number of hydrogen-bond donors (Lipinski definition) is 2. The molecule has 1 aromatic carbocycles. The molecule has 5 nitrogen and oxygen atoms in total. The molecule has 0 spiro atoms. The summed E-state index contributed by atoms with van der Waals surface area (Å²) in [4.78, 5) is 27.0. The van der Waals surface area contributed by atoms with Crippen LogP contribution >= 0.6 is 34.5 Å². The van der Waals surface area contributed by atoms with Crippen LogP contribution in [0.25, 0.3) is 0 Å². The number of thiophene rings is 1. The third-order valence-corrected chi connectivity index (χ3v) is 5.14. The van der Waals surface area contributed by atoms with Crippen LogP contribution in [-0.4, -0.2) is 36.3 Å². The van der Waals surface area contributed by atoms with Crippen LogP contribution in [-0.2, 0) is 16.1 Å². The quantitative estimate of drug-likeness (QED) is 0.712. The zero-order valence-electron chi connectivity index (χ0n) is 13.7. The number of hydrogen-bond acceptors (Lipinski definition) is 4. The van der Waals surface area contributed by atoms with E-state index in [1.54, 1.807) is 34.4 Å².